The second-order valence-corrected chi connectivity index (χ2v) is 5.64. The van der Waals surface area contributed by atoms with E-state index in [0.29, 0.717) is 5.41 Å². The lowest BCUT2D eigenvalue weighted by atomic mass is 9.93. The predicted molar refractivity (Wildman–Crippen MR) is 72.2 cm³/mol. The maximum atomic E-state index is 4.57. The molecule has 1 aliphatic heterocycles. The molecule has 0 unspecified atom stereocenters. The smallest absolute Gasteiger partial charge is 0.128 e. The van der Waals surface area contributed by atoms with Gasteiger partial charge in [0.1, 0.15) is 5.82 Å². The summed E-state index contributed by atoms with van der Waals surface area (Å²) in [5, 5.41) is 3.31. The van der Waals surface area contributed by atoms with Crippen LogP contribution in [0.25, 0.3) is 0 Å². The monoisotopic (exact) mass is 233 g/mol. The molecule has 2 rings (SSSR count). The van der Waals surface area contributed by atoms with Crippen LogP contribution in [0.15, 0.2) is 18.3 Å². The molecule has 0 aliphatic carbocycles. The van der Waals surface area contributed by atoms with Crippen LogP contribution in [0.1, 0.15) is 32.8 Å². The fourth-order valence-corrected chi connectivity index (χ4v) is 2.29. The fourth-order valence-electron chi connectivity index (χ4n) is 2.29. The number of aromatic nitrogens is 1. The number of anilines is 1. The van der Waals surface area contributed by atoms with Crippen molar-refractivity contribution >= 4 is 5.82 Å². The average molecular weight is 233 g/mol. The van der Waals surface area contributed by atoms with Gasteiger partial charge in [0.05, 0.1) is 0 Å². The van der Waals surface area contributed by atoms with Crippen LogP contribution in [0.3, 0.4) is 0 Å². The molecular weight excluding hydrogens is 210 g/mol. The summed E-state index contributed by atoms with van der Waals surface area (Å²) < 4.78 is 0. The Morgan fingerprint density at radius 2 is 2.24 bits per heavy atom. The first-order valence-corrected chi connectivity index (χ1v) is 6.51. The molecule has 0 atom stereocenters. The Kier molecular flexibility index (Phi) is 3.67. The van der Waals surface area contributed by atoms with E-state index in [9.17, 15) is 0 Å². The number of hydrogen-bond donors (Lipinski definition) is 1. The van der Waals surface area contributed by atoms with E-state index in [0.717, 1.165) is 32.0 Å². The highest BCUT2D eigenvalue weighted by Gasteiger charge is 2.29. The van der Waals surface area contributed by atoms with Crippen molar-refractivity contribution < 1.29 is 0 Å². The van der Waals surface area contributed by atoms with Crippen molar-refractivity contribution in [1.29, 1.82) is 0 Å². The van der Waals surface area contributed by atoms with Crippen LogP contribution in [-0.4, -0.2) is 24.6 Å². The Balaban J connectivity index is 1.98. The molecule has 17 heavy (non-hydrogen) atoms. The van der Waals surface area contributed by atoms with Crippen molar-refractivity contribution in [3.05, 3.63) is 23.9 Å². The normalized spacial score (nSPS) is 18.6. The van der Waals surface area contributed by atoms with Gasteiger partial charge in [-0.25, -0.2) is 4.98 Å². The summed E-state index contributed by atoms with van der Waals surface area (Å²) in [6.45, 7) is 10.9. The van der Waals surface area contributed by atoms with Gasteiger partial charge < -0.3 is 10.2 Å². The van der Waals surface area contributed by atoms with Crippen molar-refractivity contribution in [2.24, 2.45) is 5.41 Å². The van der Waals surface area contributed by atoms with Gasteiger partial charge in [0.25, 0.3) is 0 Å². The molecule has 0 spiro atoms. The number of nitrogens with zero attached hydrogens (tertiary/aromatic N) is 2. The Hall–Kier alpha value is -1.09. The van der Waals surface area contributed by atoms with Crippen LogP contribution in [0, 0.1) is 5.41 Å². The molecule has 3 heteroatoms. The molecule has 3 nitrogen and oxygen atoms in total. The molecule has 1 aromatic rings. The van der Waals surface area contributed by atoms with Crippen molar-refractivity contribution in [3.8, 4) is 0 Å². The molecule has 0 bridgehead atoms. The molecule has 0 saturated carbocycles. The van der Waals surface area contributed by atoms with Crippen LogP contribution in [-0.2, 0) is 6.54 Å². The van der Waals surface area contributed by atoms with E-state index >= 15 is 0 Å². The lowest BCUT2D eigenvalue weighted by Crippen LogP contribution is -2.23. The summed E-state index contributed by atoms with van der Waals surface area (Å²) in [4.78, 5) is 6.95. The molecule has 2 heterocycles. The topological polar surface area (TPSA) is 28.2 Å². The zero-order valence-electron chi connectivity index (χ0n) is 11.2. The number of rotatable bonds is 4. The summed E-state index contributed by atoms with van der Waals surface area (Å²) in [7, 11) is 0. The van der Waals surface area contributed by atoms with Gasteiger partial charge in [-0.05, 0) is 30.0 Å². The number of nitrogens with one attached hydrogen (secondary N) is 1. The van der Waals surface area contributed by atoms with Gasteiger partial charge in [0.2, 0.25) is 0 Å². The summed E-state index contributed by atoms with van der Waals surface area (Å²) >= 11 is 0. The van der Waals surface area contributed by atoms with E-state index in [2.05, 4.69) is 48.1 Å². The van der Waals surface area contributed by atoms with Crippen LogP contribution < -0.4 is 10.2 Å². The second-order valence-electron chi connectivity index (χ2n) is 5.64. The molecule has 1 aromatic heterocycles. The lowest BCUT2D eigenvalue weighted by Gasteiger charge is -2.20. The summed E-state index contributed by atoms with van der Waals surface area (Å²) in [6, 6.07) is 4.32. The minimum absolute atomic E-state index is 0.435. The third-order valence-electron chi connectivity index (χ3n) is 3.39. The van der Waals surface area contributed by atoms with E-state index in [1.807, 2.05) is 6.20 Å². The Morgan fingerprint density at radius 1 is 1.41 bits per heavy atom. The third-order valence-corrected chi connectivity index (χ3v) is 3.39. The van der Waals surface area contributed by atoms with Crippen LogP contribution >= 0.6 is 0 Å². The lowest BCUT2D eigenvalue weighted by molar-refractivity contribution is 0.418. The van der Waals surface area contributed by atoms with Crippen molar-refractivity contribution in [1.82, 2.24) is 10.3 Å². The van der Waals surface area contributed by atoms with Crippen LogP contribution in [0.2, 0.25) is 0 Å². The van der Waals surface area contributed by atoms with E-state index in [4.69, 9.17) is 0 Å². The zero-order valence-corrected chi connectivity index (χ0v) is 11.2. The summed E-state index contributed by atoms with van der Waals surface area (Å²) in [5.41, 5.74) is 1.69. The van der Waals surface area contributed by atoms with E-state index in [1.54, 1.807) is 0 Å². The third kappa shape index (κ3) is 3.19. The van der Waals surface area contributed by atoms with Crippen molar-refractivity contribution in [2.75, 3.05) is 24.5 Å². The molecule has 1 aliphatic rings. The highest BCUT2D eigenvalue weighted by Crippen LogP contribution is 2.31. The van der Waals surface area contributed by atoms with Crippen LogP contribution in [0.5, 0.6) is 0 Å². The maximum absolute atomic E-state index is 4.57. The molecule has 94 valence electrons. The molecule has 1 fully saturated rings. The van der Waals surface area contributed by atoms with Gasteiger partial charge in [0, 0.05) is 25.8 Å². The standard InChI is InChI=1S/C14H23N3/c1-4-15-9-12-5-6-13(16-10-12)17-8-7-14(2,3)11-17/h5-6,10,15H,4,7-9,11H2,1-3H3. The van der Waals surface area contributed by atoms with Gasteiger partial charge in [-0.15, -0.1) is 0 Å². The molecule has 0 aromatic carbocycles. The Bertz CT molecular complexity index is 356. The maximum Gasteiger partial charge on any atom is 0.128 e. The quantitative estimate of drug-likeness (QED) is 0.865. The zero-order chi connectivity index (χ0) is 12.3. The van der Waals surface area contributed by atoms with E-state index in [1.165, 1.54) is 12.0 Å². The molecular formula is C14H23N3. The first-order valence-electron chi connectivity index (χ1n) is 6.51. The minimum atomic E-state index is 0.435. The summed E-state index contributed by atoms with van der Waals surface area (Å²) in [5.74, 6) is 1.12. The minimum Gasteiger partial charge on any atom is -0.356 e. The highest BCUT2D eigenvalue weighted by atomic mass is 15.2. The van der Waals surface area contributed by atoms with Gasteiger partial charge in [-0.1, -0.05) is 26.8 Å². The van der Waals surface area contributed by atoms with Gasteiger partial charge >= 0.3 is 0 Å². The van der Waals surface area contributed by atoms with E-state index in [-0.39, 0.29) is 0 Å². The second kappa shape index (κ2) is 5.05. The Labute approximate surface area is 104 Å². The first-order chi connectivity index (χ1) is 8.11. The summed E-state index contributed by atoms with van der Waals surface area (Å²) in [6.07, 6.45) is 3.25. The van der Waals surface area contributed by atoms with Crippen molar-refractivity contribution in [3.63, 3.8) is 0 Å². The van der Waals surface area contributed by atoms with Gasteiger partial charge in [-0.2, -0.15) is 0 Å². The molecule has 0 amide bonds. The fraction of sp³-hybridized carbons (Fsp3) is 0.643. The van der Waals surface area contributed by atoms with Crippen molar-refractivity contribution in [2.45, 2.75) is 33.7 Å². The SMILES string of the molecule is CCNCc1ccc(N2CCC(C)(C)C2)nc1. The Morgan fingerprint density at radius 3 is 2.76 bits per heavy atom. The first kappa shape index (κ1) is 12.4. The van der Waals surface area contributed by atoms with Gasteiger partial charge in [0.15, 0.2) is 0 Å². The molecule has 1 N–H and O–H groups in total. The number of hydrogen-bond acceptors (Lipinski definition) is 3. The highest BCUT2D eigenvalue weighted by molar-refractivity contribution is 5.41. The predicted octanol–water partition coefficient (Wildman–Crippen LogP) is 2.43. The van der Waals surface area contributed by atoms with Crippen LogP contribution in [0.4, 0.5) is 5.82 Å². The number of pyridine rings is 1. The molecule has 1 saturated heterocycles. The average Bonchev–Trinajstić information content (AvgIpc) is 2.68. The van der Waals surface area contributed by atoms with Gasteiger partial charge in [-0.3, -0.25) is 0 Å². The largest absolute Gasteiger partial charge is 0.356 e. The van der Waals surface area contributed by atoms with E-state index < -0.39 is 0 Å². The molecule has 0 radical (unpaired) electrons.